The summed E-state index contributed by atoms with van der Waals surface area (Å²) in [6.45, 7) is 1.41. The molecule has 0 aromatic rings. The number of methoxy groups -OCH3 is 1. The molecule has 0 saturated carbocycles. The maximum absolute atomic E-state index is 12.0. The molecule has 0 radical (unpaired) electrons. The third kappa shape index (κ3) is 4.29. The fourth-order valence-corrected chi connectivity index (χ4v) is 3.81. The Hall–Kier alpha value is 0.310. The molecule has 1 saturated heterocycles. The molecule has 0 aromatic heterocycles. The van der Waals surface area contributed by atoms with E-state index in [9.17, 15) is 8.42 Å². The van der Waals surface area contributed by atoms with Crippen molar-refractivity contribution in [2.45, 2.75) is 24.1 Å². The summed E-state index contributed by atoms with van der Waals surface area (Å²) in [5, 5.41) is 0.211. The van der Waals surface area contributed by atoms with Crippen LogP contribution in [0, 0.1) is 0 Å². The highest BCUT2D eigenvalue weighted by atomic mass is 79.9. The Morgan fingerprint density at radius 2 is 2.12 bits per heavy atom. The van der Waals surface area contributed by atoms with Crippen LogP contribution in [0.1, 0.15) is 12.8 Å². The number of ether oxygens (including phenoxy) is 2. The summed E-state index contributed by atoms with van der Waals surface area (Å²) < 4.78 is 36.7. The van der Waals surface area contributed by atoms with Gasteiger partial charge in [0.1, 0.15) is 0 Å². The topological polar surface area (TPSA) is 64.6 Å². The molecule has 1 rings (SSSR count). The normalized spacial score (nSPS) is 20.9. The fourth-order valence-electron chi connectivity index (χ4n) is 1.63. The predicted molar refractivity (Wildman–Crippen MR) is 65.4 cm³/mol. The zero-order valence-electron chi connectivity index (χ0n) is 9.32. The second-order valence-corrected chi connectivity index (χ2v) is 6.42. The van der Waals surface area contributed by atoms with Crippen LogP contribution in [0.15, 0.2) is 0 Å². The van der Waals surface area contributed by atoms with Crippen LogP contribution in [0.4, 0.5) is 0 Å². The Morgan fingerprint density at radius 1 is 1.50 bits per heavy atom. The fraction of sp³-hybridized carbons (Fsp3) is 1.00. The molecule has 0 aromatic carbocycles. The number of hydrogen-bond donors (Lipinski definition) is 1. The van der Waals surface area contributed by atoms with Gasteiger partial charge in [0, 0.05) is 25.7 Å². The summed E-state index contributed by atoms with van der Waals surface area (Å²) in [5.74, 6) is 0. The first kappa shape index (κ1) is 14.4. The van der Waals surface area contributed by atoms with E-state index in [4.69, 9.17) is 9.47 Å². The van der Waals surface area contributed by atoms with Gasteiger partial charge in [0.2, 0.25) is 10.0 Å². The lowest BCUT2D eigenvalue weighted by Crippen LogP contribution is -2.45. The molecule has 7 heteroatoms. The molecule has 1 aliphatic rings. The largest absolute Gasteiger partial charge is 0.383 e. The molecule has 1 unspecified atom stereocenters. The highest BCUT2D eigenvalue weighted by Crippen LogP contribution is 2.15. The third-order valence-electron chi connectivity index (χ3n) is 2.49. The standard InChI is InChI=1S/C9H18BrNO4S/c1-14-7-8(6-10)11-16(12,13)9-2-4-15-5-3-9/h8-9,11H,2-7H2,1H3. The number of rotatable bonds is 6. The summed E-state index contributed by atoms with van der Waals surface area (Å²) >= 11 is 3.26. The molecule has 96 valence electrons. The van der Waals surface area contributed by atoms with Crippen LogP contribution >= 0.6 is 15.9 Å². The zero-order chi connectivity index (χ0) is 12.0. The minimum atomic E-state index is -3.26. The van der Waals surface area contributed by atoms with Gasteiger partial charge in [0.05, 0.1) is 17.9 Å². The van der Waals surface area contributed by atoms with Crippen LogP contribution in [0.3, 0.4) is 0 Å². The van der Waals surface area contributed by atoms with Gasteiger partial charge in [0.25, 0.3) is 0 Å². The van der Waals surface area contributed by atoms with Crippen LogP contribution in [0.2, 0.25) is 0 Å². The third-order valence-corrected chi connectivity index (χ3v) is 5.28. The van der Waals surface area contributed by atoms with Crippen molar-refractivity contribution < 1.29 is 17.9 Å². The van der Waals surface area contributed by atoms with Crippen molar-refractivity contribution in [2.75, 3.05) is 32.3 Å². The molecule has 1 heterocycles. The van der Waals surface area contributed by atoms with Gasteiger partial charge in [-0.15, -0.1) is 0 Å². The molecule has 0 spiro atoms. The maximum Gasteiger partial charge on any atom is 0.215 e. The van der Waals surface area contributed by atoms with Crippen molar-refractivity contribution in [3.63, 3.8) is 0 Å². The van der Waals surface area contributed by atoms with Crippen molar-refractivity contribution in [1.82, 2.24) is 4.72 Å². The Morgan fingerprint density at radius 3 is 2.62 bits per heavy atom. The summed E-state index contributed by atoms with van der Waals surface area (Å²) in [6.07, 6.45) is 1.13. The summed E-state index contributed by atoms with van der Waals surface area (Å²) in [7, 11) is -1.70. The van der Waals surface area contributed by atoms with Gasteiger partial charge in [-0.1, -0.05) is 15.9 Å². The van der Waals surface area contributed by atoms with E-state index in [2.05, 4.69) is 20.7 Å². The van der Waals surface area contributed by atoms with Gasteiger partial charge in [-0.2, -0.15) is 0 Å². The molecule has 0 aliphatic carbocycles. The lowest BCUT2D eigenvalue weighted by Gasteiger charge is -2.24. The summed E-state index contributed by atoms with van der Waals surface area (Å²) in [5.41, 5.74) is 0. The van der Waals surface area contributed by atoms with Crippen LogP contribution < -0.4 is 4.72 Å². The zero-order valence-corrected chi connectivity index (χ0v) is 11.7. The average molecular weight is 316 g/mol. The minimum absolute atomic E-state index is 0.210. The molecule has 1 fully saturated rings. The second-order valence-electron chi connectivity index (χ2n) is 3.78. The highest BCUT2D eigenvalue weighted by molar-refractivity contribution is 9.09. The second kappa shape index (κ2) is 6.90. The van der Waals surface area contributed by atoms with E-state index >= 15 is 0 Å². The molecule has 1 N–H and O–H groups in total. The molecule has 0 amide bonds. The first-order valence-corrected chi connectivity index (χ1v) is 7.90. The Bertz CT molecular complexity index is 290. The lowest BCUT2D eigenvalue weighted by atomic mass is 10.2. The van der Waals surface area contributed by atoms with Crippen molar-refractivity contribution >= 4 is 26.0 Å². The van der Waals surface area contributed by atoms with E-state index in [0.717, 1.165) is 0 Å². The van der Waals surface area contributed by atoms with Crippen molar-refractivity contribution in [3.05, 3.63) is 0 Å². The van der Waals surface area contributed by atoms with Gasteiger partial charge >= 0.3 is 0 Å². The molecule has 0 bridgehead atoms. The number of halogens is 1. The molecule has 5 nitrogen and oxygen atoms in total. The monoisotopic (exact) mass is 315 g/mol. The van der Waals surface area contributed by atoms with Crippen molar-refractivity contribution in [3.8, 4) is 0 Å². The number of nitrogens with one attached hydrogen (secondary N) is 1. The van der Waals surface area contributed by atoms with Gasteiger partial charge in [-0.3, -0.25) is 0 Å². The first-order valence-electron chi connectivity index (χ1n) is 5.24. The van der Waals surface area contributed by atoms with Crippen LogP contribution in [-0.4, -0.2) is 52.0 Å². The predicted octanol–water partition coefficient (Wildman–Crippen LogP) is 0.495. The SMILES string of the molecule is COCC(CBr)NS(=O)(=O)C1CCOCC1. The quantitative estimate of drug-likeness (QED) is 0.725. The summed E-state index contributed by atoms with van der Waals surface area (Å²) in [4.78, 5) is 0. The average Bonchev–Trinajstić information content (AvgIpc) is 2.29. The van der Waals surface area contributed by atoms with E-state index < -0.39 is 10.0 Å². The van der Waals surface area contributed by atoms with Crippen LogP contribution in [0.25, 0.3) is 0 Å². The van der Waals surface area contributed by atoms with Crippen molar-refractivity contribution in [2.24, 2.45) is 0 Å². The molecule has 16 heavy (non-hydrogen) atoms. The van der Waals surface area contributed by atoms with Gasteiger partial charge in [-0.25, -0.2) is 13.1 Å². The smallest absolute Gasteiger partial charge is 0.215 e. The Labute approximate surface area is 105 Å². The molecule has 1 aliphatic heterocycles. The van der Waals surface area contributed by atoms with E-state index in [1.807, 2.05) is 0 Å². The minimum Gasteiger partial charge on any atom is -0.383 e. The maximum atomic E-state index is 12.0. The molecular formula is C9H18BrNO4S. The van der Waals surface area contributed by atoms with Gasteiger partial charge in [-0.05, 0) is 12.8 Å². The van der Waals surface area contributed by atoms with E-state index in [0.29, 0.717) is 38.0 Å². The number of sulfonamides is 1. The molecule has 1 atom stereocenters. The summed E-state index contributed by atoms with van der Waals surface area (Å²) in [6, 6.07) is -0.210. The van der Waals surface area contributed by atoms with Gasteiger partial charge in [0.15, 0.2) is 0 Å². The number of alkyl halides is 1. The Balaban J connectivity index is 2.54. The highest BCUT2D eigenvalue weighted by Gasteiger charge is 2.29. The van der Waals surface area contributed by atoms with E-state index in [1.54, 1.807) is 7.11 Å². The lowest BCUT2D eigenvalue weighted by molar-refractivity contribution is 0.0979. The Kier molecular flexibility index (Phi) is 6.20. The van der Waals surface area contributed by atoms with Gasteiger partial charge < -0.3 is 9.47 Å². The van der Waals surface area contributed by atoms with Crippen LogP contribution in [0.5, 0.6) is 0 Å². The first-order chi connectivity index (χ1) is 7.60. The van der Waals surface area contributed by atoms with Crippen LogP contribution in [-0.2, 0) is 19.5 Å². The van der Waals surface area contributed by atoms with E-state index in [-0.39, 0.29) is 11.3 Å². The number of hydrogen-bond acceptors (Lipinski definition) is 4. The van der Waals surface area contributed by atoms with Crippen molar-refractivity contribution in [1.29, 1.82) is 0 Å². The van der Waals surface area contributed by atoms with E-state index in [1.165, 1.54) is 0 Å². The molecular weight excluding hydrogens is 298 g/mol.